The van der Waals surface area contributed by atoms with Gasteiger partial charge in [-0.25, -0.2) is 0 Å². The van der Waals surface area contributed by atoms with Crippen LogP contribution in [0.2, 0.25) is 5.02 Å². The van der Waals surface area contributed by atoms with Crippen molar-refractivity contribution in [3.8, 4) is 5.75 Å². The van der Waals surface area contributed by atoms with Crippen LogP contribution in [-0.4, -0.2) is 37.6 Å². The maximum atomic E-state index is 12.6. The second-order valence-electron chi connectivity index (χ2n) is 6.47. The quantitative estimate of drug-likeness (QED) is 0.197. The third-order valence-corrected chi connectivity index (χ3v) is 6.04. The van der Waals surface area contributed by atoms with E-state index in [1.165, 1.54) is 28.8 Å². The van der Waals surface area contributed by atoms with Crippen LogP contribution in [0.4, 0.5) is 11.4 Å². The Morgan fingerprint density at radius 3 is 2.74 bits per heavy atom. The number of nitro benzene ring substituents is 1. The summed E-state index contributed by atoms with van der Waals surface area (Å²) in [4.78, 5) is 36.7. The van der Waals surface area contributed by atoms with Gasteiger partial charge >= 0.3 is 0 Å². The number of thioether (sulfide) groups is 1. The first kappa shape index (κ1) is 22.7. The lowest BCUT2D eigenvalue weighted by Gasteiger charge is -2.14. The van der Waals surface area contributed by atoms with E-state index in [1.54, 1.807) is 24.3 Å². The number of non-ortho nitro benzene ring substituents is 1. The topological polar surface area (TPSA) is 113 Å². The number of carbonyl (C=O) groups excluding carboxylic acids is 2. The highest BCUT2D eigenvalue weighted by molar-refractivity contribution is 8.26. The van der Waals surface area contributed by atoms with Gasteiger partial charge in [-0.1, -0.05) is 53.8 Å². The summed E-state index contributed by atoms with van der Waals surface area (Å²) < 4.78 is 0.400. The Bertz CT molecular complexity index is 1110. The molecule has 31 heavy (non-hydrogen) atoms. The molecule has 0 bridgehead atoms. The summed E-state index contributed by atoms with van der Waals surface area (Å²) >= 11 is 12.6. The van der Waals surface area contributed by atoms with Crippen molar-refractivity contribution in [3.05, 3.63) is 68.1 Å². The number of thiocarbonyl (C=S) groups is 1. The van der Waals surface area contributed by atoms with Crippen molar-refractivity contribution < 1.29 is 19.6 Å². The Kier molecular flexibility index (Phi) is 7.26. The fourth-order valence-electron chi connectivity index (χ4n) is 2.78. The van der Waals surface area contributed by atoms with Gasteiger partial charge in [-0.05, 0) is 30.2 Å². The number of rotatable bonds is 7. The number of hydrogen-bond acceptors (Lipinski definition) is 7. The molecule has 2 amide bonds. The lowest BCUT2D eigenvalue weighted by molar-refractivity contribution is -0.384. The van der Waals surface area contributed by atoms with E-state index in [2.05, 4.69) is 5.32 Å². The van der Waals surface area contributed by atoms with Crippen LogP contribution in [0, 0.1) is 10.1 Å². The van der Waals surface area contributed by atoms with Crippen LogP contribution in [0.15, 0.2) is 47.4 Å². The first-order valence-corrected chi connectivity index (χ1v) is 10.6. The fourth-order valence-corrected chi connectivity index (χ4v) is 4.27. The van der Waals surface area contributed by atoms with Crippen molar-refractivity contribution in [2.45, 2.75) is 12.8 Å². The molecule has 160 valence electrons. The minimum Gasteiger partial charge on any atom is -0.506 e. The van der Waals surface area contributed by atoms with E-state index >= 15 is 0 Å². The van der Waals surface area contributed by atoms with Gasteiger partial charge in [0.05, 0.1) is 21.6 Å². The summed E-state index contributed by atoms with van der Waals surface area (Å²) in [6.45, 7) is 0.254. The molecule has 0 radical (unpaired) electrons. The molecule has 0 aliphatic carbocycles. The summed E-state index contributed by atoms with van der Waals surface area (Å²) in [7, 11) is 0. The number of benzene rings is 2. The maximum absolute atomic E-state index is 12.6. The molecule has 1 aliphatic heterocycles. The number of phenolic OH excluding ortho intramolecular Hbond substituents is 1. The Morgan fingerprint density at radius 1 is 1.32 bits per heavy atom. The molecule has 3 rings (SSSR count). The van der Waals surface area contributed by atoms with Crippen molar-refractivity contribution >= 4 is 69.2 Å². The molecule has 1 heterocycles. The number of phenols is 1. The first-order valence-electron chi connectivity index (χ1n) is 9.03. The SMILES string of the molecule is O=C(CCCN1C(=O)C(=Cc2ccccc2Cl)SC1=S)Nc1ccc([N+](=O)[O-])cc1O. The van der Waals surface area contributed by atoms with Crippen molar-refractivity contribution in [2.75, 3.05) is 11.9 Å². The maximum Gasteiger partial charge on any atom is 0.273 e. The van der Waals surface area contributed by atoms with Crippen LogP contribution in [0.1, 0.15) is 18.4 Å². The Morgan fingerprint density at radius 2 is 2.06 bits per heavy atom. The fraction of sp³-hybridized carbons (Fsp3) is 0.150. The van der Waals surface area contributed by atoms with Gasteiger partial charge in [0.1, 0.15) is 10.1 Å². The second kappa shape index (κ2) is 9.90. The summed E-state index contributed by atoms with van der Waals surface area (Å²) in [6, 6.07) is 10.5. The van der Waals surface area contributed by atoms with Gasteiger partial charge in [-0.2, -0.15) is 0 Å². The highest BCUT2D eigenvalue weighted by Crippen LogP contribution is 2.34. The molecule has 2 N–H and O–H groups in total. The average Bonchev–Trinajstić information content (AvgIpc) is 2.98. The summed E-state index contributed by atoms with van der Waals surface area (Å²) in [5.41, 5.74) is 0.505. The molecule has 0 atom stereocenters. The Labute approximate surface area is 192 Å². The van der Waals surface area contributed by atoms with Gasteiger partial charge < -0.3 is 10.4 Å². The van der Waals surface area contributed by atoms with E-state index in [9.17, 15) is 24.8 Å². The van der Waals surface area contributed by atoms with Crippen LogP contribution < -0.4 is 5.32 Å². The zero-order valence-electron chi connectivity index (χ0n) is 15.9. The average molecular weight is 478 g/mol. The molecule has 0 spiro atoms. The van der Waals surface area contributed by atoms with E-state index in [0.717, 1.165) is 6.07 Å². The molecular formula is C20H16ClN3O5S2. The van der Waals surface area contributed by atoms with Gasteiger partial charge in [-0.15, -0.1) is 0 Å². The summed E-state index contributed by atoms with van der Waals surface area (Å²) in [5.74, 6) is -1.05. The van der Waals surface area contributed by atoms with E-state index in [0.29, 0.717) is 26.2 Å². The largest absolute Gasteiger partial charge is 0.506 e. The minimum atomic E-state index is -0.645. The molecule has 11 heteroatoms. The van der Waals surface area contributed by atoms with Crippen LogP contribution in [0.3, 0.4) is 0 Å². The number of nitrogens with zero attached hydrogens (tertiary/aromatic N) is 2. The lowest BCUT2D eigenvalue weighted by atomic mass is 10.2. The van der Waals surface area contributed by atoms with E-state index in [1.807, 2.05) is 6.07 Å². The smallest absolute Gasteiger partial charge is 0.273 e. The van der Waals surface area contributed by atoms with Crippen molar-refractivity contribution in [3.63, 3.8) is 0 Å². The Balaban J connectivity index is 1.55. The number of hydrogen-bond donors (Lipinski definition) is 2. The van der Waals surface area contributed by atoms with Crippen LogP contribution in [-0.2, 0) is 9.59 Å². The van der Waals surface area contributed by atoms with Crippen molar-refractivity contribution in [1.29, 1.82) is 0 Å². The zero-order chi connectivity index (χ0) is 22.5. The third kappa shape index (κ3) is 5.60. The van der Waals surface area contributed by atoms with E-state index in [4.69, 9.17) is 23.8 Å². The third-order valence-electron chi connectivity index (χ3n) is 4.32. The molecule has 8 nitrogen and oxygen atoms in total. The van der Waals surface area contributed by atoms with Crippen LogP contribution in [0.25, 0.3) is 6.08 Å². The monoisotopic (exact) mass is 477 g/mol. The van der Waals surface area contributed by atoms with Crippen LogP contribution in [0.5, 0.6) is 5.75 Å². The number of amides is 2. The van der Waals surface area contributed by atoms with E-state index in [-0.39, 0.29) is 30.2 Å². The van der Waals surface area contributed by atoms with E-state index < -0.39 is 16.6 Å². The number of nitro groups is 1. The van der Waals surface area contributed by atoms with Gasteiger partial charge in [0.25, 0.3) is 11.6 Å². The lowest BCUT2D eigenvalue weighted by Crippen LogP contribution is -2.29. The first-order chi connectivity index (χ1) is 14.8. The molecule has 1 aliphatic rings. The summed E-state index contributed by atoms with van der Waals surface area (Å²) in [5, 5.41) is 23.5. The van der Waals surface area contributed by atoms with Gasteiger partial charge in [0.2, 0.25) is 5.91 Å². The normalized spacial score (nSPS) is 14.9. The molecular weight excluding hydrogens is 462 g/mol. The standard InChI is InChI=1S/C20H16ClN3O5S2/c21-14-5-2-1-4-12(14)10-17-19(27)23(20(30)31-17)9-3-6-18(26)22-15-8-7-13(24(28)29)11-16(15)25/h1-2,4-5,7-8,10-11,25H,3,6,9H2,(H,22,26). The minimum absolute atomic E-state index is 0.0665. The molecule has 1 fully saturated rings. The highest BCUT2D eigenvalue weighted by Gasteiger charge is 2.31. The Hall–Kier alpha value is -2.95. The number of anilines is 1. The number of nitrogens with one attached hydrogen (secondary N) is 1. The van der Waals surface area contributed by atoms with Gasteiger partial charge in [0.15, 0.2) is 0 Å². The summed E-state index contributed by atoms with van der Waals surface area (Å²) in [6.07, 6.45) is 2.09. The molecule has 1 saturated heterocycles. The predicted octanol–water partition coefficient (Wildman–Crippen LogP) is 4.57. The number of halogens is 1. The van der Waals surface area contributed by atoms with Crippen molar-refractivity contribution in [2.24, 2.45) is 0 Å². The molecule has 2 aromatic carbocycles. The molecule has 0 unspecified atom stereocenters. The molecule has 0 saturated carbocycles. The number of carbonyl (C=O) groups is 2. The zero-order valence-corrected chi connectivity index (χ0v) is 18.3. The van der Waals surface area contributed by atoms with Crippen molar-refractivity contribution in [1.82, 2.24) is 4.90 Å². The van der Waals surface area contributed by atoms with Gasteiger partial charge in [0, 0.05) is 24.1 Å². The highest BCUT2D eigenvalue weighted by atomic mass is 35.5. The second-order valence-corrected chi connectivity index (χ2v) is 8.55. The molecule has 2 aromatic rings. The predicted molar refractivity (Wildman–Crippen MR) is 124 cm³/mol. The van der Waals surface area contributed by atoms with Crippen LogP contribution >= 0.6 is 35.6 Å². The molecule has 0 aromatic heterocycles. The number of aromatic hydroxyl groups is 1. The van der Waals surface area contributed by atoms with Gasteiger partial charge in [-0.3, -0.25) is 24.6 Å².